The molecule has 0 radical (unpaired) electrons. The van der Waals surface area contributed by atoms with Gasteiger partial charge in [-0.2, -0.15) is 4.39 Å². The number of oxazole rings is 1. The molecule has 0 atom stereocenters. The van der Waals surface area contributed by atoms with Crippen LogP contribution in [0.3, 0.4) is 0 Å². The van der Waals surface area contributed by atoms with Crippen LogP contribution < -0.4 is 10.0 Å². The van der Waals surface area contributed by atoms with Crippen LogP contribution in [-0.2, 0) is 16.6 Å². The Morgan fingerprint density at radius 2 is 2.04 bits per heavy atom. The van der Waals surface area contributed by atoms with E-state index in [1.54, 1.807) is 12.1 Å². The van der Waals surface area contributed by atoms with Gasteiger partial charge in [-0.15, -0.1) is 0 Å². The molecule has 1 aliphatic rings. The first-order valence-corrected chi connectivity index (χ1v) is 9.48. The maximum Gasteiger partial charge on any atom is 0.266 e. The summed E-state index contributed by atoms with van der Waals surface area (Å²) >= 11 is 6.03. The molecule has 0 bridgehead atoms. The number of nitrogens with zero attached hydrogens (tertiary/aromatic N) is 3. The predicted molar refractivity (Wildman–Crippen MR) is 96.2 cm³/mol. The molecule has 3 heterocycles. The van der Waals surface area contributed by atoms with Crippen molar-refractivity contribution >= 4 is 33.3 Å². The number of hydrogen-bond acceptors (Lipinski definition) is 6. The van der Waals surface area contributed by atoms with E-state index in [9.17, 15) is 12.8 Å². The monoisotopic (exact) mass is 407 g/mol. The Morgan fingerprint density at radius 3 is 2.81 bits per heavy atom. The second kappa shape index (κ2) is 6.63. The van der Waals surface area contributed by atoms with Gasteiger partial charge >= 0.3 is 0 Å². The van der Waals surface area contributed by atoms with Crippen molar-refractivity contribution in [3.8, 4) is 11.1 Å². The summed E-state index contributed by atoms with van der Waals surface area (Å²) in [7, 11) is -3.88. The van der Waals surface area contributed by atoms with E-state index in [1.807, 2.05) is 0 Å². The maximum atomic E-state index is 13.8. The number of pyridine rings is 1. The summed E-state index contributed by atoms with van der Waals surface area (Å²) in [6, 6.07) is 6.09. The van der Waals surface area contributed by atoms with E-state index in [1.165, 1.54) is 30.8 Å². The van der Waals surface area contributed by atoms with Crippen molar-refractivity contribution in [2.75, 3.05) is 5.32 Å². The topological polar surface area (TPSA) is 109 Å². The van der Waals surface area contributed by atoms with Gasteiger partial charge in [-0.05, 0) is 12.1 Å². The molecule has 0 saturated heterocycles. The number of aromatic nitrogens is 2. The number of rotatable bonds is 3. The van der Waals surface area contributed by atoms with Crippen molar-refractivity contribution in [3.63, 3.8) is 0 Å². The molecule has 0 saturated carbocycles. The number of halogens is 2. The minimum atomic E-state index is -3.88. The molecule has 138 valence electrons. The molecule has 3 aromatic rings. The van der Waals surface area contributed by atoms with Crippen molar-refractivity contribution in [2.24, 2.45) is 4.99 Å². The number of hydrogen-bond donors (Lipinski definition) is 2. The lowest BCUT2D eigenvalue weighted by molar-refractivity contribution is 0.498. The third-order valence-electron chi connectivity index (χ3n) is 3.78. The molecule has 0 fully saturated rings. The van der Waals surface area contributed by atoms with E-state index in [-0.39, 0.29) is 28.1 Å². The molecular weight excluding hydrogens is 397 g/mol. The summed E-state index contributed by atoms with van der Waals surface area (Å²) in [4.78, 5) is 11.5. The maximum absolute atomic E-state index is 13.8. The molecular formula is C16H11ClFN5O3S. The van der Waals surface area contributed by atoms with E-state index in [2.05, 4.69) is 25.0 Å². The van der Waals surface area contributed by atoms with Gasteiger partial charge in [0.05, 0.1) is 11.9 Å². The molecule has 0 aliphatic carbocycles. The number of guanidine groups is 1. The minimum absolute atomic E-state index is 0.0108. The molecule has 4 rings (SSSR count). The summed E-state index contributed by atoms with van der Waals surface area (Å²) in [5.74, 6) is -0.540. The number of fused-ring (bicyclic) bond motifs is 1. The molecule has 27 heavy (non-hydrogen) atoms. The van der Waals surface area contributed by atoms with Crippen LogP contribution in [0.1, 0.15) is 5.89 Å². The van der Waals surface area contributed by atoms with Crippen LogP contribution >= 0.6 is 11.6 Å². The van der Waals surface area contributed by atoms with Gasteiger partial charge in [0.1, 0.15) is 22.7 Å². The predicted octanol–water partition coefficient (Wildman–Crippen LogP) is 2.79. The van der Waals surface area contributed by atoms with E-state index in [4.69, 9.17) is 16.0 Å². The number of nitrogens with one attached hydrogen (secondary N) is 2. The zero-order chi connectivity index (χ0) is 19.0. The molecule has 11 heteroatoms. The fourth-order valence-electron chi connectivity index (χ4n) is 2.61. The third-order valence-corrected chi connectivity index (χ3v) is 5.52. The lowest BCUT2D eigenvalue weighted by Crippen LogP contribution is -2.41. The van der Waals surface area contributed by atoms with Crippen LogP contribution in [0.15, 0.2) is 57.2 Å². The van der Waals surface area contributed by atoms with Gasteiger partial charge in [0.15, 0.2) is 0 Å². The van der Waals surface area contributed by atoms with E-state index in [0.717, 1.165) is 0 Å². The average Bonchev–Trinajstić information content (AvgIpc) is 3.15. The lowest BCUT2D eigenvalue weighted by atomic mass is 10.0. The van der Waals surface area contributed by atoms with Crippen LogP contribution in [0.5, 0.6) is 0 Å². The van der Waals surface area contributed by atoms with Gasteiger partial charge in [-0.1, -0.05) is 23.7 Å². The van der Waals surface area contributed by atoms with Crippen molar-refractivity contribution in [3.05, 3.63) is 59.8 Å². The highest BCUT2D eigenvalue weighted by atomic mass is 35.5. The zero-order valence-corrected chi connectivity index (χ0v) is 15.1. The van der Waals surface area contributed by atoms with Crippen molar-refractivity contribution in [2.45, 2.75) is 11.4 Å². The molecule has 8 nitrogen and oxygen atoms in total. The Balaban J connectivity index is 1.81. The van der Waals surface area contributed by atoms with E-state index < -0.39 is 16.0 Å². The fraction of sp³-hybridized carbons (Fsp3) is 0.0625. The van der Waals surface area contributed by atoms with Crippen LogP contribution in [0, 0.1) is 5.95 Å². The molecule has 2 N–H and O–H groups in total. The van der Waals surface area contributed by atoms with E-state index in [0.29, 0.717) is 17.0 Å². The second-order valence-electron chi connectivity index (χ2n) is 5.46. The Morgan fingerprint density at radius 1 is 1.19 bits per heavy atom. The number of para-hydroxylation sites is 1. The van der Waals surface area contributed by atoms with Gasteiger partial charge in [0.25, 0.3) is 10.0 Å². The largest absolute Gasteiger partial charge is 0.447 e. The highest BCUT2D eigenvalue weighted by molar-refractivity contribution is 7.90. The van der Waals surface area contributed by atoms with Crippen molar-refractivity contribution in [1.82, 2.24) is 14.7 Å². The van der Waals surface area contributed by atoms with Gasteiger partial charge in [-0.3, -0.25) is 0 Å². The first-order valence-electron chi connectivity index (χ1n) is 7.62. The smallest absolute Gasteiger partial charge is 0.266 e. The molecule has 1 aliphatic heterocycles. The van der Waals surface area contributed by atoms with Crippen LogP contribution in [0.25, 0.3) is 11.1 Å². The molecule has 1 aromatic carbocycles. The first kappa shape index (κ1) is 17.4. The minimum Gasteiger partial charge on any atom is -0.447 e. The fourth-order valence-corrected chi connectivity index (χ4v) is 3.99. The Kier molecular flexibility index (Phi) is 4.28. The number of anilines is 1. The average molecular weight is 408 g/mol. The van der Waals surface area contributed by atoms with Crippen LogP contribution in [-0.4, -0.2) is 24.3 Å². The summed E-state index contributed by atoms with van der Waals surface area (Å²) in [6.07, 6.45) is 4.10. The molecule has 0 unspecified atom stereocenters. The number of sulfonamides is 1. The molecule has 0 spiro atoms. The van der Waals surface area contributed by atoms with Gasteiger partial charge in [0.2, 0.25) is 17.8 Å². The third kappa shape index (κ3) is 3.24. The normalized spacial score (nSPS) is 16.4. The highest BCUT2D eigenvalue weighted by Gasteiger charge is 2.29. The Hall–Kier alpha value is -2.98. The van der Waals surface area contributed by atoms with Gasteiger partial charge in [-0.25, -0.2) is 28.1 Å². The lowest BCUT2D eigenvalue weighted by Gasteiger charge is -2.24. The van der Waals surface area contributed by atoms with E-state index >= 15 is 0 Å². The van der Waals surface area contributed by atoms with Crippen LogP contribution in [0.4, 0.5) is 10.1 Å². The number of aliphatic imine (C=N–C) groups is 1. The van der Waals surface area contributed by atoms with Crippen molar-refractivity contribution in [1.29, 1.82) is 0 Å². The number of benzene rings is 1. The Bertz CT molecular complexity index is 1150. The SMILES string of the molecule is O=S1(=O)NC(=NCc2ncco2)Nc2c(-c3ccnc(F)c3Cl)cccc21. The zero-order valence-electron chi connectivity index (χ0n) is 13.5. The first-order chi connectivity index (χ1) is 13.0. The van der Waals surface area contributed by atoms with Gasteiger partial charge in [0, 0.05) is 17.3 Å². The quantitative estimate of drug-likeness (QED) is 0.646. The summed E-state index contributed by atoms with van der Waals surface area (Å²) in [5, 5.41) is 2.71. The van der Waals surface area contributed by atoms with Crippen molar-refractivity contribution < 1.29 is 17.2 Å². The Labute approximate surface area is 158 Å². The summed E-state index contributed by atoms with van der Waals surface area (Å²) in [6.45, 7) is 0.0278. The summed E-state index contributed by atoms with van der Waals surface area (Å²) in [5.41, 5.74) is 0.931. The van der Waals surface area contributed by atoms with Gasteiger partial charge < -0.3 is 9.73 Å². The van der Waals surface area contributed by atoms with Crippen LogP contribution in [0.2, 0.25) is 5.02 Å². The summed E-state index contributed by atoms with van der Waals surface area (Å²) < 4.78 is 46.4. The molecule has 0 amide bonds. The highest BCUT2D eigenvalue weighted by Crippen LogP contribution is 2.38. The second-order valence-corrected chi connectivity index (χ2v) is 7.49. The standard InChI is InChI=1S/C16H11ClFN5O3S/c17-13-9(4-5-20-15(13)18)10-2-1-3-11-14(10)22-16(23-27(11,24)25)21-8-12-19-6-7-26-12/h1-7H,8H2,(H2,21,22,23). The molecule has 2 aromatic heterocycles.